The van der Waals surface area contributed by atoms with Crippen LogP contribution in [0.4, 0.5) is 0 Å². The lowest BCUT2D eigenvalue weighted by molar-refractivity contribution is 0.0955. The SMILES string of the molecule is CC(C)c1ccc(/C=N/NC(=O)c2ccc(Cl)cc2)cc1. The van der Waals surface area contributed by atoms with Crippen LogP contribution in [0.1, 0.15) is 41.3 Å². The van der Waals surface area contributed by atoms with Crippen LogP contribution in [-0.2, 0) is 0 Å². The Hall–Kier alpha value is -2.13. The molecule has 3 nitrogen and oxygen atoms in total. The van der Waals surface area contributed by atoms with Gasteiger partial charge in [-0.1, -0.05) is 49.7 Å². The lowest BCUT2D eigenvalue weighted by Crippen LogP contribution is -2.17. The number of carbonyl (C=O) groups is 1. The van der Waals surface area contributed by atoms with E-state index in [0.717, 1.165) is 5.56 Å². The Morgan fingerprint density at radius 3 is 2.29 bits per heavy atom. The Kier molecular flexibility index (Phi) is 5.12. The number of hydrogen-bond acceptors (Lipinski definition) is 2. The van der Waals surface area contributed by atoms with E-state index in [4.69, 9.17) is 11.6 Å². The van der Waals surface area contributed by atoms with Crippen molar-refractivity contribution in [2.75, 3.05) is 0 Å². The maximum Gasteiger partial charge on any atom is 0.271 e. The second kappa shape index (κ2) is 7.04. The third-order valence-electron chi connectivity index (χ3n) is 3.09. The van der Waals surface area contributed by atoms with Crippen LogP contribution >= 0.6 is 11.6 Å². The zero-order valence-electron chi connectivity index (χ0n) is 12.0. The van der Waals surface area contributed by atoms with Gasteiger partial charge in [-0.05, 0) is 41.3 Å². The highest BCUT2D eigenvalue weighted by molar-refractivity contribution is 6.30. The molecule has 0 unspecified atom stereocenters. The van der Waals surface area contributed by atoms with Crippen LogP contribution in [-0.4, -0.2) is 12.1 Å². The van der Waals surface area contributed by atoms with Crippen LogP contribution in [0.5, 0.6) is 0 Å². The Morgan fingerprint density at radius 2 is 1.71 bits per heavy atom. The molecule has 0 saturated heterocycles. The summed E-state index contributed by atoms with van der Waals surface area (Å²) in [5.41, 5.74) is 5.23. The molecule has 0 radical (unpaired) electrons. The molecule has 0 aliphatic heterocycles. The van der Waals surface area contributed by atoms with Crippen LogP contribution in [0, 0.1) is 0 Å². The molecule has 2 rings (SSSR count). The minimum absolute atomic E-state index is 0.262. The molecule has 1 N–H and O–H groups in total. The van der Waals surface area contributed by atoms with Gasteiger partial charge in [-0.3, -0.25) is 4.79 Å². The van der Waals surface area contributed by atoms with Crippen LogP contribution in [0.2, 0.25) is 5.02 Å². The summed E-state index contributed by atoms with van der Waals surface area (Å²) in [7, 11) is 0. The summed E-state index contributed by atoms with van der Waals surface area (Å²) >= 11 is 5.77. The maximum absolute atomic E-state index is 11.8. The van der Waals surface area contributed by atoms with E-state index in [1.54, 1.807) is 30.5 Å². The van der Waals surface area contributed by atoms with E-state index in [1.165, 1.54) is 5.56 Å². The molecule has 0 heterocycles. The fourth-order valence-electron chi connectivity index (χ4n) is 1.80. The molecule has 21 heavy (non-hydrogen) atoms. The van der Waals surface area contributed by atoms with Crippen molar-refractivity contribution in [3.05, 3.63) is 70.2 Å². The van der Waals surface area contributed by atoms with Gasteiger partial charge in [0.25, 0.3) is 5.91 Å². The standard InChI is InChI=1S/C17H17ClN2O/c1-12(2)14-5-3-13(4-6-14)11-19-20-17(21)15-7-9-16(18)10-8-15/h3-12H,1-2H3,(H,20,21)/b19-11+. The van der Waals surface area contributed by atoms with Crippen LogP contribution in [0.25, 0.3) is 0 Å². The number of rotatable bonds is 4. The number of hydrazone groups is 1. The van der Waals surface area contributed by atoms with Crippen molar-refractivity contribution in [3.63, 3.8) is 0 Å². The molecular weight excluding hydrogens is 284 g/mol. The highest BCUT2D eigenvalue weighted by Gasteiger charge is 2.03. The van der Waals surface area contributed by atoms with Crippen LogP contribution in [0.3, 0.4) is 0 Å². The van der Waals surface area contributed by atoms with Crippen molar-refractivity contribution < 1.29 is 4.79 Å². The topological polar surface area (TPSA) is 41.5 Å². The number of nitrogens with one attached hydrogen (secondary N) is 1. The number of carbonyl (C=O) groups excluding carboxylic acids is 1. The Bertz CT molecular complexity index is 631. The lowest BCUT2D eigenvalue weighted by atomic mass is 10.0. The molecule has 2 aromatic rings. The summed E-state index contributed by atoms with van der Waals surface area (Å²) in [6, 6.07) is 14.7. The number of nitrogens with zero attached hydrogens (tertiary/aromatic N) is 1. The zero-order chi connectivity index (χ0) is 15.2. The molecule has 0 aromatic heterocycles. The fourth-order valence-corrected chi connectivity index (χ4v) is 1.92. The molecule has 0 atom stereocenters. The molecule has 1 amide bonds. The largest absolute Gasteiger partial charge is 0.271 e. The first-order valence-corrected chi connectivity index (χ1v) is 7.13. The molecule has 0 fully saturated rings. The molecule has 0 aliphatic rings. The third kappa shape index (κ3) is 4.43. The summed E-state index contributed by atoms with van der Waals surface area (Å²) in [5, 5.41) is 4.55. The molecule has 0 spiro atoms. The lowest BCUT2D eigenvalue weighted by Gasteiger charge is -2.04. The minimum Gasteiger partial charge on any atom is -0.267 e. The third-order valence-corrected chi connectivity index (χ3v) is 3.34. The average Bonchev–Trinajstić information content (AvgIpc) is 2.48. The fraction of sp³-hybridized carbons (Fsp3) is 0.176. The zero-order valence-corrected chi connectivity index (χ0v) is 12.8. The van der Waals surface area contributed by atoms with E-state index in [0.29, 0.717) is 16.5 Å². The number of amides is 1. The highest BCUT2D eigenvalue weighted by Crippen LogP contribution is 2.14. The van der Waals surface area contributed by atoms with E-state index in [9.17, 15) is 4.79 Å². The van der Waals surface area contributed by atoms with Crippen molar-refractivity contribution in [2.45, 2.75) is 19.8 Å². The molecule has 4 heteroatoms. The summed E-state index contributed by atoms with van der Waals surface area (Å²) in [6.07, 6.45) is 1.62. The van der Waals surface area contributed by atoms with Gasteiger partial charge in [0.2, 0.25) is 0 Å². The van der Waals surface area contributed by atoms with Gasteiger partial charge in [0.15, 0.2) is 0 Å². The quantitative estimate of drug-likeness (QED) is 0.666. The molecule has 0 saturated carbocycles. The summed E-state index contributed by atoms with van der Waals surface area (Å²) < 4.78 is 0. The normalized spacial score (nSPS) is 11.0. The van der Waals surface area contributed by atoms with E-state index in [-0.39, 0.29) is 5.91 Å². The minimum atomic E-state index is -0.262. The number of hydrogen-bond donors (Lipinski definition) is 1. The first kappa shape index (κ1) is 15.3. The highest BCUT2D eigenvalue weighted by atomic mass is 35.5. The van der Waals surface area contributed by atoms with Crippen molar-refractivity contribution in [3.8, 4) is 0 Å². The van der Waals surface area contributed by atoms with Gasteiger partial charge in [-0.2, -0.15) is 5.10 Å². The molecular formula is C17H17ClN2O. The van der Waals surface area contributed by atoms with E-state index in [1.807, 2.05) is 12.1 Å². The van der Waals surface area contributed by atoms with Gasteiger partial charge in [0.05, 0.1) is 6.21 Å². The van der Waals surface area contributed by atoms with Gasteiger partial charge in [0.1, 0.15) is 0 Å². The van der Waals surface area contributed by atoms with Crippen molar-refractivity contribution >= 4 is 23.7 Å². The average molecular weight is 301 g/mol. The number of halogens is 1. The van der Waals surface area contributed by atoms with Gasteiger partial charge in [0, 0.05) is 10.6 Å². The Morgan fingerprint density at radius 1 is 1.10 bits per heavy atom. The van der Waals surface area contributed by atoms with E-state index >= 15 is 0 Å². The van der Waals surface area contributed by atoms with Gasteiger partial charge in [-0.25, -0.2) is 5.43 Å². The maximum atomic E-state index is 11.8. The van der Waals surface area contributed by atoms with Crippen molar-refractivity contribution in [1.29, 1.82) is 0 Å². The van der Waals surface area contributed by atoms with Crippen LogP contribution in [0.15, 0.2) is 53.6 Å². The van der Waals surface area contributed by atoms with E-state index < -0.39 is 0 Å². The Labute approximate surface area is 129 Å². The summed E-state index contributed by atoms with van der Waals surface area (Å²) in [5.74, 6) is 0.238. The first-order chi connectivity index (χ1) is 10.1. The second-order valence-electron chi connectivity index (χ2n) is 5.03. The first-order valence-electron chi connectivity index (χ1n) is 6.75. The van der Waals surface area contributed by atoms with Crippen LogP contribution < -0.4 is 5.43 Å². The van der Waals surface area contributed by atoms with E-state index in [2.05, 4.69) is 36.5 Å². The molecule has 0 aliphatic carbocycles. The second-order valence-corrected chi connectivity index (χ2v) is 5.46. The molecule has 2 aromatic carbocycles. The van der Waals surface area contributed by atoms with Gasteiger partial charge >= 0.3 is 0 Å². The Balaban J connectivity index is 1.95. The molecule has 108 valence electrons. The molecule has 0 bridgehead atoms. The smallest absolute Gasteiger partial charge is 0.267 e. The van der Waals surface area contributed by atoms with Crippen molar-refractivity contribution in [2.24, 2.45) is 5.10 Å². The predicted molar refractivity (Wildman–Crippen MR) is 87.0 cm³/mol. The van der Waals surface area contributed by atoms with Crippen molar-refractivity contribution in [1.82, 2.24) is 5.43 Å². The monoisotopic (exact) mass is 300 g/mol. The summed E-state index contributed by atoms with van der Waals surface area (Å²) in [6.45, 7) is 4.30. The van der Waals surface area contributed by atoms with Gasteiger partial charge < -0.3 is 0 Å². The van der Waals surface area contributed by atoms with Gasteiger partial charge in [-0.15, -0.1) is 0 Å². The predicted octanol–water partition coefficient (Wildman–Crippen LogP) is 4.23. The number of benzene rings is 2. The summed E-state index contributed by atoms with van der Waals surface area (Å²) in [4.78, 5) is 11.8.